The lowest BCUT2D eigenvalue weighted by Gasteiger charge is -2.45. The average molecular weight is 567 g/mol. The molecule has 1 aromatic carbocycles. The highest BCUT2D eigenvalue weighted by atomic mass is 28.4. The van der Waals surface area contributed by atoms with Gasteiger partial charge in [0.15, 0.2) is 24.9 Å². The maximum Gasteiger partial charge on any atom is 0.183 e. The van der Waals surface area contributed by atoms with Crippen molar-refractivity contribution in [3.05, 3.63) is 30.3 Å². The fraction of sp³-hybridized carbons (Fsp3) is 0.786. The highest BCUT2D eigenvalue weighted by Gasteiger charge is 2.52. The smallest absolute Gasteiger partial charge is 0.183 e. The van der Waals surface area contributed by atoms with Gasteiger partial charge in [0.05, 0.1) is 0 Å². The van der Waals surface area contributed by atoms with Crippen LogP contribution in [0.4, 0.5) is 5.69 Å². The van der Waals surface area contributed by atoms with Gasteiger partial charge in [0.2, 0.25) is 0 Å². The van der Waals surface area contributed by atoms with Crippen LogP contribution in [-0.2, 0) is 8.85 Å². The highest BCUT2D eigenvalue weighted by Crippen LogP contribution is 2.54. The predicted molar refractivity (Wildman–Crippen MR) is 170 cm³/mol. The number of rotatable bonds is 13. The zero-order chi connectivity index (χ0) is 27.4. The first kappa shape index (κ1) is 32.0. The Kier molecular flexibility index (Phi) is 10.9. The molecule has 0 aromatic heterocycles. The maximum absolute atomic E-state index is 6.42. The summed E-state index contributed by atoms with van der Waals surface area (Å²) in [6, 6.07) is 13.3. The molecule has 1 aliphatic rings. The number of nitrogens with one attached hydrogen (secondary N) is 2. The Morgan fingerprint density at radius 2 is 1.19 bits per heavy atom. The van der Waals surface area contributed by atoms with E-state index in [1.54, 1.807) is 0 Å². The number of hydrogen-bond acceptors (Lipinski definition) is 4. The van der Waals surface area contributed by atoms with Crippen LogP contribution in [0.2, 0.25) is 75.5 Å². The average Bonchev–Trinajstić information content (AvgIpc) is 3.08. The van der Waals surface area contributed by atoms with Crippen molar-refractivity contribution < 1.29 is 8.85 Å². The molecule has 1 saturated carbocycles. The van der Waals surface area contributed by atoms with E-state index in [1.165, 1.54) is 30.6 Å². The molecule has 1 fully saturated rings. The van der Waals surface area contributed by atoms with Gasteiger partial charge in [0.1, 0.15) is 8.24 Å². The van der Waals surface area contributed by atoms with Crippen LogP contribution in [-0.4, -0.2) is 51.9 Å². The standard InChI is InChI=1S/C28H58N2O2Si4/c1-24-26(35(11,22-20-31-33(5,6)7)29-25-16-14-13-15-17-25)18-19-27(24)36(12,30-28(2,3)4)23-21-32-34(8,9)10/h13-17,24,26-27,29-30H,18-23H2,1-12H3. The monoisotopic (exact) mass is 566 g/mol. The van der Waals surface area contributed by atoms with Gasteiger partial charge < -0.3 is 18.8 Å². The minimum Gasteiger partial charge on any atom is -0.418 e. The van der Waals surface area contributed by atoms with Gasteiger partial charge in [0.25, 0.3) is 0 Å². The molecule has 0 spiro atoms. The van der Waals surface area contributed by atoms with Gasteiger partial charge in [-0.2, -0.15) is 0 Å². The van der Waals surface area contributed by atoms with Gasteiger partial charge >= 0.3 is 0 Å². The SMILES string of the molecule is CC1C([Si](C)(CCO[Si](C)(C)C)Nc2ccccc2)CCC1[Si](C)(CCO[Si](C)(C)C)NC(C)(C)C. The van der Waals surface area contributed by atoms with Crippen LogP contribution in [0, 0.1) is 5.92 Å². The minimum atomic E-state index is -1.84. The Morgan fingerprint density at radius 3 is 1.64 bits per heavy atom. The highest BCUT2D eigenvalue weighted by molar-refractivity contribution is 6.84. The van der Waals surface area contributed by atoms with Crippen molar-refractivity contribution >= 4 is 38.8 Å². The first-order chi connectivity index (χ1) is 16.3. The van der Waals surface area contributed by atoms with Crippen molar-refractivity contribution in [2.75, 3.05) is 18.2 Å². The number of hydrogen-bond donors (Lipinski definition) is 2. The third-order valence-corrected chi connectivity index (χ3v) is 19.6. The molecule has 0 bridgehead atoms. The van der Waals surface area contributed by atoms with E-state index in [2.05, 4.69) is 120 Å². The number of para-hydroxylation sites is 1. The first-order valence-corrected chi connectivity index (χ1v) is 26.6. The van der Waals surface area contributed by atoms with Crippen LogP contribution in [0.25, 0.3) is 0 Å². The third kappa shape index (κ3) is 10.1. The molecule has 208 valence electrons. The van der Waals surface area contributed by atoms with Crippen LogP contribution in [0.5, 0.6) is 0 Å². The fourth-order valence-electron chi connectivity index (χ4n) is 6.49. The van der Waals surface area contributed by atoms with E-state index in [0.717, 1.165) is 24.3 Å². The van der Waals surface area contributed by atoms with Crippen LogP contribution < -0.4 is 9.96 Å². The Hall–Kier alpha value is -0.232. The molecule has 5 unspecified atom stereocenters. The molecule has 5 atom stereocenters. The molecule has 0 amide bonds. The molecule has 1 aliphatic carbocycles. The van der Waals surface area contributed by atoms with Crippen molar-refractivity contribution in [3.63, 3.8) is 0 Å². The summed E-state index contributed by atoms with van der Waals surface area (Å²) in [4.78, 5) is 8.37. The summed E-state index contributed by atoms with van der Waals surface area (Å²) >= 11 is 0. The van der Waals surface area contributed by atoms with Gasteiger partial charge in [-0.05, 0) is 101 Å². The molecule has 1 aromatic rings. The molecule has 0 saturated heterocycles. The van der Waals surface area contributed by atoms with Crippen LogP contribution >= 0.6 is 0 Å². The maximum atomic E-state index is 6.42. The third-order valence-electron chi connectivity index (χ3n) is 7.87. The molecule has 0 heterocycles. The second-order valence-corrected chi connectivity index (χ2v) is 32.5. The molecule has 2 rings (SSSR count). The lowest BCUT2D eigenvalue weighted by Crippen LogP contribution is -2.60. The molecule has 0 aliphatic heterocycles. The van der Waals surface area contributed by atoms with Gasteiger partial charge in [-0.1, -0.05) is 51.1 Å². The van der Waals surface area contributed by atoms with Crippen molar-refractivity contribution in [3.8, 4) is 0 Å². The molecule has 36 heavy (non-hydrogen) atoms. The minimum absolute atomic E-state index is 0.131. The van der Waals surface area contributed by atoms with E-state index in [-0.39, 0.29) is 5.54 Å². The van der Waals surface area contributed by atoms with Crippen molar-refractivity contribution in [1.82, 2.24) is 4.98 Å². The van der Waals surface area contributed by atoms with Crippen molar-refractivity contribution in [2.24, 2.45) is 5.92 Å². The normalized spacial score (nSPS) is 24.8. The zero-order valence-electron chi connectivity index (χ0n) is 25.7. The molecular formula is C28H58N2O2Si4. The molecule has 8 heteroatoms. The number of benzene rings is 1. The van der Waals surface area contributed by atoms with E-state index in [0.29, 0.717) is 5.92 Å². The summed E-state index contributed by atoms with van der Waals surface area (Å²) in [5, 5.41) is 0. The van der Waals surface area contributed by atoms with Gasteiger partial charge in [-0.15, -0.1) is 0 Å². The van der Waals surface area contributed by atoms with E-state index < -0.39 is 33.1 Å². The largest absolute Gasteiger partial charge is 0.418 e. The van der Waals surface area contributed by atoms with E-state index in [4.69, 9.17) is 8.85 Å². The topological polar surface area (TPSA) is 42.5 Å². The van der Waals surface area contributed by atoms with Crippen molar-refractivity contribution in [2.45, 2.75) is 122 Å². The second kappa shape index (κ2) is 12.3. The summed E-state index contributed by atoms with van der Waals surface area (Å²) in [5.74, 6) is 0.711. The summed E-state index contributed by atoms with van der Waals surface area (Å²) in [7, 11) is -6.65. The molecule has 2 N–H and O–H groups in total. The van der Waals surface area contributed by atoms with Gasteiger partial charge in [-0.3, -0.25) is 0 Å². The van der Waals surface area contributed by atoms with E-state index in [1.807, 2.05) is 0 Å². The van der Waals surface area contributed by atoms with Crippen molar-refractivity contribution in [1.29, 1.82) is 0 Å². The Balaban J connectivity index is 2.29. The van der Waals surface area contributed by atoms with E-state index in [9.17, 15) is 0 Å². The molecule has 0 radical (unpaired) electrons. The Labute approximate surface area is 228 Å². The second-order valence-electron chi connectivity index (χ2n) is 14.8. The van der Waals surface area contributed by atoms with E-state index >= 15 is 0 Å². The van der Waals surface area contributed by atoms with Crippen LogP contribution in [0.3, 0.4) is 0 Å². The van der Waals surface area contributed by atoms with Gasteiger partial charge in [0, 0.05) is 24.4 Å². The summed E-state index contributed by atoms with van der Waals surface area (Å²) < 4.78 is 12.8. The lowest BCUT2D eigenvalue weighted by molar-refractivity contribution is 0.328. The molecular weight excluding hydrogens is 509 g/mol. The summed E-state index contributed by atoms with van der Waals surface area (Å²) in [6.07, 6.45) is 2.68. The Morgan fingerprint density at radius 1 is 0.750 bits per heavy atom. The molecule has 4 nitrogen and oxygen atoms in total. The summed E-state index contributed by atoms with van der Waals surface area (Å²) in [6.45, 7) is 30.5. The zero-order valence-corrected chi connectivity index (χ0v) is 29.7. The predicted octanol–water partition coefficient (Wildman–Crippen LogP) is 8.51. The van der Waals surface area contributed by atoms with Gasteiger partial charge in [-0.25, -0.2) is 0 Å². The quantitative estimate of drug-likeness (QED) is 0.235. The summed E-state index contributed by atoms with van der Waals surface area (Å²) in [5.41, 5.74) is 2.94. The first-order valence-electron chi connectivity index (χ1n) is 14.2. The number of anilines is 1. The van der Waals surface area contributed by atoms with Crippen LogP contribution in [0.15, 0.2) is 30.3 Å². The lowest BCUT2D eigenvalue weighted by atomic mass is 10.1. The van der Waals surface area contributed by atoms with Crippen LogP contribution in [0.1, 0.15) is 40.5 Å². The Bertz CT molecular complexity index is 806. The fourth-order valence-corrected chi connectivity index (χ4v) is 17.9.